The van der Waals surface area contributed by atoms with Crippen molar-refractivity contribution >= 4 is 40.0 Å². The molecule has 2 amide bonds. The van der Waals surface area contributed by atoms with E-state index in [0.29, 0.717) is 28.9 Å². The normalized spacial score (nSPS) is 20.7. The van der Waals surface area contributed by atoms with Crippen LogP contribution in [0.1, 0.15) is 99.5 Å². The molecule has 4 aromatic heterocycles. The number of aliphatic hydroxyl groups is 1. The zero-order valence-corrected chi connectivity index (χ0v) is 34.6. The zero-order chi connectivity index (χ0) is 40.9. The standard InChI is InChI=1S/C45H50N8O5S/c1-25(2)42(45(57)52-23-32(54)18-38(52)44(56)47-26(3)28-12-14-29(15-13-28)43-27(4)46-24-59-43)40-21-41(50-58-40)51-17-16-30(22-51)36-20-35-37(53(36)31-8-7-9-31)19-34(48-49-35)33-10-5-6-11-39(33)55/h5-6,10-15,19-21,24-26,30-32,38,42,54-55H,7-9,16-18,22-23H2,1-4H3,(H,47,56)/t26-,30-,32+,38-,42+/m0/s1. The predicted molar refractivity (Wildman–Crippen MR) is 226 cm³/mol. The molecule has 5 atom stereocenters. The summed E-state index contributed by atoms with van der Waals surface area (Å²) in [6.07, 6.45) is 3.66. The molecule has 0 spiro atoms. The summed E-state index contributed by atoms with van der Waals surface area (Å²) >= 11 is 1.60. The van der Waals surface area contributed by atoms with Gasteiger partial charge in [0, 0.05) is 55.3 Å². The first kappa shape index (κ1) is 38.9. The Labute approximate surface area is 347 Å². The maximum atomic E-state index is 14.4. The number of fused-ring (bicyclic) bond motifs is 1. The molecule has 2 aliphatic heterocycles. The van der Waals surface area contributed by atoms with E-state index in [1.807, 2.05) is 75.7 Å². The number of amides is 2. The van der Waals surface area contributed by atoms with Gasteiger partial charge >= 0.3 is 0 Å². The minimum atomic E-state index is -0.816. The Morgan fingerprint density at radius 2 is 1.78 bits per heavy atom. The van der Waals surface area contributed by atoms with Gasteiger partial charge in [0.2, 0.25) is 11.8 Å². The largest absolute Gasteiger partial charge is 0.507 e. The second-order valence-electron chi connectivity index (χ2n) is 16.8. The third-order valence-corrected chi connectivity index (χ3v) is 13.5. The highest BCUT2D eigenvalue weighted by molar-refractivity contribution is 7.13. The minimum Gasteiger partial charge on any atom is -0.507 e. The Kier molecular flexibility index (Phi) is 10.5. The van der Waals surface area contributed by atoms with Crippen LogP contribution in [-0.2, 0) is 9.59 Å². The Bertz CT molecular complexity index is 2490. The van der Waals surface area contributed by atoms with E-state index in [4.69, 9.17) is 4.52 Å². The molecule has 2 saturated heterocycles. The van der Waals surface area contributed by atoms with Crippen LogP contribution in [0.2, 0.25) is 0 Å². The SMILES string of the molecule is Cc1ncsc1-c1ccc([C@H](C)NC(=O)[C@@H]2C[C@@H](O)CN2C(=O)[C@@H](c2cc(N3CC[C@H](c4cc5nnc(-c6ccccc6O)cc5n4C4CCC4)C3)no2)C(C)C)cc1. The first-order valence-corrected chi connectivity index (χ1v) is 21.6. The number of aryl methyl sites for hydroxylation is 1. The quantitative estimate of drug-likeness (QED) is 0.119. The summed E-state index contributed by atoms with van der Waals surface area (Å²) in [5.74, 6) is 0.120. The van der Waals surface area contributed by atoms with Crippen LogP contribution < -0.4 is 10.2 Å². The molecular weight excluding hydrogens is 765 g/mol. The third kappa shape index (κ3) is 7.37. The summed E-state index contributed by atoms with van der Waals surface area (Å²) in [5, 5.41) is 38.0. The van der Waals surface area contributed by atoms with Crippen molar-refractivity contribution in [2.75, 3.05) is 24.5 Å². The van der Waals surface area contributed by atoms with Gasteiger partial charge in [0.15, 0.2) is 11.6 Å². The Morgan fingerprint density at radius 1 is 0.983 bits per heavy atom. The van der Waals surface area contributed by atoms with Crippen molar-refractivity contribution in [3.05, 3.63) is 95.0 Å². The molecule has 9 rings (SSSR count). The van der Waals surface area contributed by atoms with Crippen LogP contribution in [0.4, 0.5) is 5.82 Å². The van der Waals surface area contributed by atoms with E-state index in [9.17, 15) is 19.8 Å². The average Bonchev–Trinajstić information content (AvgIpc) is 4.06. The Morgan fingerprint density at radius 3 is 2.49 bits per heavy atom. The van der Waals surface area contributed by atoms with Crippen LogP contribution in [0.3, 0.4) is 0 Å². The summed E-state index contributed by atoms with van der Waals surface area (Å²) in [6, 6.07) is 20.7. The average molecular weight is 815 g/mol. The van der Waals surface area contributed by atoms with Crippen LogP contribution in [-0.4, -0.2) is 83.6 Å². The first-order chi connectivity index (χ1) is 28.5. The number of para-hydroxylation sites is 1. The molecule has 0 radical (unpaired) electrons. The number of aliphatic hydroxyl groups excluding tert-OH is 1. The second-order valence-corrected chi connectivity index (χ2v) is 17.7. The fourth-order valence-electron chi connectivity index (χ4n) is 9.12. The number of phenolic OH excluding ortho intramolecular Hbond substituents is 1. The molecule has 0 bridgehead atoms. The van der Waals surface area contributed by atoms with E-state index in [1.165, 1.54) is 17.0 Å². The number of anilines is 1. The van der Waals surface area contributed by atoms with Crippen molar-refractivity contribution in [3.63, 3.8) is 0 Å². The third-order valence-electron chi connectivity index (χ3n) is 12.6. The summed E-state index contributed by atoms with van der Waals surface area (Å²) in [6.45, 7) is 9.40. The summed E-state index contributed by atoms with van der Waals surface area (Å²) in [4.78, 5) is 37.4. The molecular formula is C45H50N8O5S. The van der Waals surface area contributed by atoms with Crippen LogP contribution in [0.25, 0.3) is 32.7 Å². The van der Waals surface area contributed by atoms with Crippen molar-refractivity contribution in [3.8, 4) is 27.4 Å². The van der Waals surface area contributed by atoms with Gasteiger partial charge in [0.05, 0.1) is 39.4 Å². The van der Waals surface area contributed by atoms with Gasteiger partial charge in [-0.05, 0) is 80.8 Å². The van der Waals surface area contributed by atoms with E-state index in [2.05, 4.69) is 47.3 Å². The monoisotopic (exact) mass is 814 g/mol. The maximum absolute atomic E-state index is 14.4. The number of β-amino-alcohol motifs (C(OH)–C–C–N with tert-alkyl or cyclic N) is 1. The van der Waals surface area contributed by atoms with Gasteiger partial charge in [0.25, 0.3) is 0 Å². The molecule has 6 aromatic rings. The number of phenols is 1. The topological polar surface area (TPSA) is 163 Å². The molecule has 1 aliphatic carbocycles. The van der Waals surface area contributed by atoms with Gasteiger partial charge in [-0.2, -0.15) is 0 Å². The smallest absolute Gasteiger partial charge is 0.243 e. The highest BCUT2D eigenvalue weighted by Gasteiger charge is 2.44. The summed E-state index contributed by atoms with van der Waals surface area (Å²) in [7, 11) is 0. The molecule has 2 aromatic carbocycles. The molecule has 306 valence electrons. The van der Waals surface area contributed by atoms with Crippen molar-refractivity contribution in [2.24, 2.45) is 5.92 Å². The van der Waals surface area contributed by atoms with E-state index in [1.54, 1.807) is 23.5 Å². The summed E-state index contributed by atoms with van der Waals surface area (Å²) in [5.41, 5.74) is 9.24. The lowest BCUT2D eigenvalue weighted by Gasteiger charge is -2.31. The van der Waals surface area contributed by atoms with E-state index in [-0.39, 0.29) is 48.4 Å². The lowest BCUT2D eigenvalue weighted by atomic mass is 9.91. The Hall–Kier alpha value is -5.60. The fraction of sp³-hybridized carbons (Fsp3) is 0.422. The van der Waals surface area contributed by atoms with Gasteiger partial charge in [-0.3, -0.25) is 9.59 Å². The van der Waals surface area contributed by atoms with Gasteiger partial charge in [-0.25, -0.2) is 4.98 Å². The number of aromatic hydroxyl groups is 1. The Balaban J connectivity index is 0.898. The molecule has 3 fully saturated rings. The van der Waals surface area contributed by atoms with Gasteiger partial charge in [-0.1, -0.05) is 55.4 Å². The molecule has 13 nitrogen and oxygen atoms in total. The number of aromatic nitrogens is 5. The molecule has 59 heavy (non-hydrogen) atoms. The van der Waals surface area contributed by atoms with E-state index >= 15 is 0 Å². The van der Waals surface area contributed by atoms with Crippen molar-refractivity contribution in [1.82, 2.24) is 35.1 Å². The van der Waals surface area contributed by atoms with Crippen LogP contribution in [0, 0.1) is 12.8 Å². The van der Waals surface area contributed by atoms with Crippen LogP contribution >= 0.6 is 11.3 Å². The van der Waals surface area contributed by atoms with E-state index in [0.717, 1.165) is 65.1 Å². The number of benzene rings is 2. The highest BCUT2D eigenvalue weighted by atomic mass is 32.1. The van der Waals surface area contributed by atoms with Crippen LogP contribution in [0.15, 0.2) is 76.8 Å². The number of carbonyl (C=O) groups excluding carboxylic acids is 2. The maximum Gasteiger partial charge on any atom is 0.243 e. The van der Waals surface area contributed by atoms with Crippen molar-refractivity contribution < 1.29 is 24.3 Å². The zero-order valence-electron chi connectivity index (χ0n) is 33.8. The first-order valence-electron chi connectivity index (χ1n) is 20.7. The number of nitrogens with one attached hydrogen (secondary N) is 1. The number of nitrogens with zero attached hydrogens (tertiary/aromatic N) is 7. The molecule has 14 heteroatoms. The highest BCUT2D eigenvalue weighted by Crippen LogP contribution is 2.42. The lowest BCUT2D eigenvalue weighted by Crippen LogP contribution is -2.48. The number of thiazole rings is 1. The summed E-state index contributed by atoms with van der Waals surface area (Å²) < 4.78 is 8.41. The fourth-order valence-corrected chi connectivity index (χ4v) is 9.94. The number of likely N-dealkylation sites (tertiary alicyclic amines) is 1. The van der Waals surface area contributed by atoms with Crippen LogP contribution in [0.5, 0.6) is 5.75 Å². The lowest BCUT2D eigenvalue weighted by molar-refractivity contribution is -0.141. The molecule has 3 N–H and O–H groups in total. The molecule has 6 heterocycles. The predicted octanol–water partition coefficient (Wildman–Crippen LogP) is 7.52. The molecule has 3 aliphatic rings. The van der Waals surface area contributed by atoms with Gasteiger partial charge in [0.1, 0.15) is 23.2 Å². The van der Waals surface area contributed by atoms with Crippen molar-refractivity contribution in [1.29, 1.82) is 0 Å². The van der Waals surface area contributed by atoms with E-state index < -0.39 is 18.1 Å². The number of rotatable bonds is 11. The van der Waals surface area contributed by atoms with Gasteiger partial charge in [-0.15, -0.1) is 21.5 Å². The van der Waals surface area contributed by atoms with Gasteiger partial charge < -0.3 is 34.4 Å². The van der Waals surface area contributed by atoms with Crippen molar-refractivity contribution in [2.45, 2.75) is 95.9 Å². The second kappa shape index (κ2) is 15.9. The number of hydrogen-bond acceptors (Lipinski definition) is 11. The molecule has 0 unspecified atom stereocenters. The molecule has 1 saturated carbocycles. The minimum absolute atomic E-state index is 0.0690. The number of hydrogen-bond donors (Lipinski definition) is 3. The number of carbonyl (C=O) groups is 2.